The molecule has 0 bridgehead atoms. The van der Waals surface area contributed by atoms with Crippen LogP contribution in [0.5, 0.6) is 0 Å². The fraction of sp³-hybridized carbons (Fsp3) is 0. The maximum atomic E-state index is 12.6. The smallest absolute Gasteiger partial charge is 0.338 e. The van der Waals surface area contributed by atoms with E-state index in [1.54, 1.807) is 0 Å². The average molecular weight is 220 g/mol. The molecule has 0 radical (unpaired) electrons. The van der Waals surface area contributed by atoms with Crippen molar-refractivity contribution in [3.05, 3.63) is 29.3 Å². The van der Waals surface area contributed by atoms with E-state index in [2.05, 4.69) is 4.18 Å². The van der Waals surface area contributed by atoms with E-state index in [4.69, 9.17) is 0 Å². The Labute approximate surface area is 77.2 Å². The normalized spacial score (nSPS) is 17.7. The summed E-state index contributed by atoms with van der Waals surface area (Å²) in [6, 6.07) is 0.919. The maximum absolute atomic E-state index is 12.6. The SMILES string of the molecule is O=C1OS(=O)(=O)c2cc(F)c(F)cc21. The first-order valence-electron chi connectivity index (χ1n) is 3.40. The van der Waals surface area contributed by atoms with E-state index in [0.29, 0.717) is 12.1 Å². The summed E-state index contributed by atoms with van der Waals surface area (Å²) in [4.78, 5) is 10.2. The van der Waals surface area contributed by atoms with Crippen molar-refractivity contribution >= 4 is 16.1 Å². The highest BCUT2D eigenvalue weighted by Crippen LogP contribution is 2.28. The van der Waals surface area contributed by atoms with E-state index in [-0.39, 0.29) is 0 Å². The number of fused-ring (bicyclic) bond motifs is 1. The van der Waals surface area contributed by atoms with E-state index in [1.807, 2.05) is 0 Å². The lowest BCUT2D eigenvalue weighted by Gasteiger charge is -1.94. The molecule has 0 saturated carbocycles. The van der Waals surface area contributed by atoms with Crippen LogP contribution in [0.3, 0.4) is 0 Å². The minimum atomic E-state index is -4.25. The van der Waals surface area contributed by atoms with Gasteiger partial charge in [0.05, 0.1) is 5.56 Å². The third kappa shape index (κ3) is 1.09. The molecule has 14 heavy (non-hydrogen) atoms. The molecule has 0 N–H and O–H groups in total. The lowest BCUT2D eigenvalue weighted by atomic mass is 10.2. The second-order valence-corrected chi connectivity index (χ2v) is 4.10. The Morgan fingerprint density at radius 2 is 1.71 bits per heavy atom. The molecule has 1 aromatic carbocycles. The van der Waals surface area contributed by atoms with Crippen LogP contribution in [0.15, 0.2) is 17.0 Å². The van der Waals surface area contributed by atoms with E-state index in [0.717, 1.165) is 0 Å². The summed E-state index contributed by atoms with van der Waals surface area (Å²) in [5, 5.41) is 0. The Bertz CT molecular complexity index is 535. The van der Waals surface area contributed by atoms with Crippen molar-refractivity contribution in [1.29, 1.82) is 0 Å². The topological polar surface area (TPSA) is 60.4 Å². The Morgan fingerprint density at radius 1 is 1.14 bits per heavy atom. The molecule has 0 fully saturated rings. The van der Waals surface area contributed by atoms with Gasteiger partial charge in [-0.15, -0.1) is 0 Å². The van der Waals surface area contributed by atoms with Gasteiger partial charge in [-0.3, -0.25) is 0 Å². The van der Waals surface area contributed by atoms with Gasteiger partial charge < -0.3 is 4.18 Å². The summed E-state index contributed by atoms with van der Waals surface area (Å²) < 4.78 is 51.2. The van der Waals surface area contributed by atoms with Gasteiger partial charge in [-0.25, -0.2) is 13.6 Å². The highest BCUT2D eigenvalue weighted by atomic mass is 32.2. The molecule has 0 amide bonds. The van der Waals surface area contributed by atoms with Crippen LogP contribution in [0, 0.1) is 11.6 Å². The zero-order valence-electron chi connectivity index (χ0n) is 6.45. The molecule has 7 heteroatoms. The first-order chi connectivity index (χ1) is 6.42. The first-order valence-corrected chi connectivity index (χ1v) is 4.80. The minimum absolute atomic E-state index is 0.422. The predicted octanol–water partition coefficient (Wildman–Crippen LogP) is 0.824. The summed E-state index contributed by atoms with van der Waals surface area (Å²) in [6.07, 6.45) is 0. The zero-order valence-corrected chi connectivity index (χ0v) is 7.27. The Morgan fingerprint density at radius 3 is 2.36 bits per heavy atom. The van der Waals surface area contributed by atoms with Crippen molar-refractivity contribution in [1.82, 2.24) is 0 Å². The molecule has 2 rings (SSSR count). The quantitative estimate of drug-likeness (QED) is 0.607. The summed E-state index contributed by atoms with van der Waals surface area (Å²) in [7, 11) is -4.25. The number of rotatable bonds is 0. The van der Waals surface area contributed by atoms with Crippen LogP contribution >= 0.6 is 0 Å². The lowest BCUT2D eigenvalue weighted by Crippen LogP contribution is -1.99. The van der Waals surface area contributed by atoms with Gasteiger partial charge in [-0.05, 0) is 12.1 Å². The van der Waals surface area contributed by atoms with Crippen LogP contribution in [-0.2, 0) is 14.3 Å². The molecule has 1 aliphatic heterocycles. The number of halogens is 2. The van der Waals surface area contributed by atoms with Crippen LogP contribution in [0.1, 0.15) is 10.4 Å². The van der Waals surface area contributed by atoms with Crippen molar-refractivity contribution in [2.24, 2.45) is 0 Å². The van der Waals surface area contributed by atoms with Crippen molar-refractivity contribution in [2.75, 3.05) is 0 Å². The molecule has 74 valence electrons. The molecule has 0 atom stereocenters. The largest absolute Gasteiger partial charge is 0.355 e. The van der Waals surface area contributed by atoms with Crippen LogP contribution in [0.2, 0.25) is 0 Å². The number of hydrogen-bond donors (Lipinski definition) is 0. The Kier molecular flexibility index (Phi) is 1.62. The minimum Gasteiger partial charge on any atom is -0.338 e. The fourth-order valence-electron chi connectivity index (χ4n) is 1.08. The molecule has 0 spiro atoms. The Hall–Kier alpha value is -1.50. The molecule has 0 saturated heterocycles. The highest BCUT2D eigenvalue weighted by Gasteiger charge is 2.36. The molecule has 4 nitrogen and oxygen atoms in total. The molecule has 1 heterocycles. The average Bonchev–Trinajstić information content (AvgIpc) is 2.26. The molecule has 1 aliphatic rings. The second-order valence-electron chi connectivity index (χ2n) is 2.59. The monoisotopic (exact) mass is 220 g/mol. The first kappa shape index (κ1) is 9.07. The predicted molar refractivity (Wildman–Crippen MR) is 39.0 cm³/mol. The standard InChI is InChI=1S/C7H2F2O4S/c8-4-1-3-6(2-5(4)9)14(11,12)13-7(3)10/h1-2H. The van der Waals surface area contributed by atoms with Gasteiger partial charge in [-0.1, -0.05) is 0 Å². The Balaban J connectivity index is 2.83. The van der Waals surface area contributed by atoms with Crippen LogP contribution < -0.4 is 0 Å². The van der Waals surface area contributed by atoms with Crippen molar-refractivity contribution in [3.63, 3.8) is 0 Å². The number of benzene rings is 1. The summed E-state index contributed by atoms with van der Waals surface area (Å²) in [6.45, 7) is 0. The molecule has 0 aliphatic carbocycles. The highest BCUT2D eigenvalue weighted by molar-refractivity contribution is 7.87. The summed E-state index contributed by atoms with van der Waals surface area (Å²) in [5.74, 6) is -3.83. The molecule has 0 aromatic heterocycles. The van der Waals surface area contributed by atoms with Crippen LogP contribution in [0.4, 0.5) is 8.78 Å². The fourth-order valence-corrected chi connectivity index (χ4v) is 2.12. The molecular weight excluding hydrogens is 218 g/mol. The third-order valence-corrected chi connectivity index (χ3v) is 2.94. The summed E-state index contributed by atoms with van der Waals surface area (Å²) in [5.41, 5.74) is -0.483. The van der Waals surface area contributed by atoms with E-state index in [9.17, 15) is 22.0 Å². The zero-order chi connectivity index (χ0) is 10.5. The van der Waals surface area contributed by atoms with E-state index < -0.39 is 38.2 Å². The van der Waals surface area contributed by atoms with Gasteiger partial charge in [0.25, 0.3) is 0 Å². The molecule has 1 aromatic rings. The van der Waals surface area contributed by atoms with Crippen LogP contribution in [0.25, 0.3) is 0 Å². The third-order valence-electron chi connectivity index (χ3n) is 1.70. The number of hydrogen-bond acceptors (Lipinski definition) is 4. The van der Waals surface area contributed by atoms with Gasteiger partial charge in [0.1, 0.15) is 4.90 Å². The maximum Gasteiger partial charge on any atom is 0.355 e. The second kappa shape index (κ2) is 2.50. The van der Waals surface area contributed by atoms with Gasteiger partial charge in [0.15, 0.2) is 11.6 Å². The van der Waals surface area contributed by atoms with Crippen molar-refractivity contribution < 1.29 is 26.2 Å². The van der Waals surface area contributed by atoms with Crippen molar-refractivity contribution in [2.45, 2.75) is 4.90 Å². The number of carbonyl (C=O) groups is 1. The van der Waals surface area contributed by atoms with E-state index >= 15 is 0 Å². The molecule has 0 unspecified atom stereocenters. The van der Waals surface area contributed by atoms with Crippen LogP contribution in [-0.4, -0.2) is 14.4 Å². The van der Waals surface area contributed by atoms with Gasteiger partial charge >= 0.3 is 16.1 Å². The van der Waals surface area contributed by atoms with Crippen molar-refractivity contribution in [3.8, 4) is 0 Å². The molecular formula is C7H2F2O4S. The van der Waals surface area contributed by atoms with Gasteiger partial charge in [0, 0.05) is 0 Å². The summed E-state index contributed by atoms with van der Waals surface area (Å²) >= 11 is 0. The number of carbonyl (C=O) groups excluding carboxylic acids is 1. The van der Waals surface area contributed by atoms with E-state index in [1.165, 1.54) is 0 Å². The van der Waals surface area contributed by atoms with Gasteiger partial charge in [-0.2, -0.15) is 8.42 Å². The van der Waals surface area contributed by atoms with Gasteiger partial charge in [0.2, 0.25) is 0 Å². The lowest BCUT2D eigenvalue weighted by molar-refractivity contribution is 0.0762.